The number of hydrogen-bond acceptors (Lipinski definition) is 4. The van der Waals surface area contributed by atoms with Crippen LogP contribution < -0.4 is 10.6 Å². The van der Waals surface area contributed by atoms with Crippen molar-refractivity contribution in [3.8, 4) is 0 Å². The minimum absolute atomic E-state index is 0.0124. The lowest BCUT2D eigenvalue weighted by atomic mass is 9.96. The lowest BCUT2D eigenvalue weighted by Crippen LogP contribution is -2.37. The molecule has 1 aromatic heterocycles. The Morgan fingerprint density at radius 2 is 1.89 bits per heavy atom. The maximum Gasteiger partial charge on any atom is 0.234 e. The van der Waals surface area contributed by atoms with Gasteiger partial charge in [0, 0.05) is 10.6 Å². The summed E-state index contributed by atoms with van der Waals surface area (Å²) >= 11 is 3.08. The fraction of sp³-hybridized carbons (Fsp3) is 0.455. The van der Waals surface area contributed by atoms with Gasteiger partial charge in [0.25, 0.3) is 0 Å². The molecule has 2 aromatic rings. The number of nitrogens with one attached hydrogen (secondary N) is 2. The molecule has 1 fully saturated rings. The first-order valence-corrected chi connectivity index (χ1v) is 11.8. The fourth-order valence-corrected chi connectivity index (χ4v) is 5.12. The molecule has 0 saturated heterocycles. The second-order valence-electron chi connectivity index (χ2n) is 7.41. The molecule has 28 heavy (non-hydrogen) atoms. The molecule has 2 N–H and O–H groups in total. The zero-order valence-corrected chi connectivity index (χ0v) is 18.1. The molecule has 0 aliphatic heterocycles. The van der Waals surface area contributed by atoms with Crippen molar-refractivity contribution in [3.63, 3.8) is 0 Å². The van der Waals surface area contributed by atoms with E-state index in [1.54, 1.807) is 11.3 Å². The largest absolute Gasteiger partial charge is 0.347 e. The predicted molar refractivity (Wildman–Crippen MR) is 119 cm³/mol. The number of carbonyl (C=O) groups is 2. The monoisotopic (exact) mass is 416 g/mol. The van der Waals surface area contributed by atoms with Crippen LogP contribution in [0.4, 0.5) is 5.69 Å². The van der Waals surface area contributed by atoms with Crippen molar-refractivity contribution >= 4 is 40.6 Å². The Kier molecular flexibility index (Phi) is 7.57. The molecule has 2 amide bonds. The average Bonchev–Trinajstić information content (AvgIpc) is 3.40. The highest BCUT2D eigenvalue weighted by atomic mass is 32.2. The zero-order chi connectivity index (χ0) is 19.9. The molecule has 1 aliphatic rings. The van der Waals surface area contributed by atoms with Gasteiger partial charge in [0.2, 0.25) is 11.8 Å². The summed E-state index contributed by atoms with van der Waals surface area (Å²) in [5.74, 6) is 0.706. The van der Waals surface area contributed by atoms with Crippen LogP contribution in [0.3, 0.4) is 0 Å². The second kappa shape index (κ2) is 10.1. The number of anilines is 1. The van der Waals surface area contributed by atoms with Crippen LogP contribution in [0.1, 0.15) is 49.1 Å². The third-order valence-corrected chi connectivity index (χ3v) is 7.29. The summed E-state index contributed by atoms with van der Waals surface area (Å²) in [7, 11) is 0. The van der Waals surface area contributed by atoms with Crippen LogP contribution in [-0.4, -0.2) is 22.8 Å². The summed E-state index contributed by atoms with van der Waals surface area (Å²) in [6, 6.07) is 12.0. The number of benzene rings is 1. The SMILES string of the molecule is Cc1ccc(NC(=O)CSC(C)C(=O)NC(c2cccs2)C2CCCC2)cc1. The van der Waals surface area contributed by atoms with Gasteiger partial charge < -0.3 is 10.6 Å². The molecular weight excluding hydrogens is 388 g/mol. The van der Waals surface area contributed by atoms with Gasteiger partial charge >= 0.3 is 0 Å². The van der Waals surface area contributed by atoms with E-state index in [1.807, 2.05) is 44.2 Å². The third-order valence-electron chi connectivity index (χ3n) is 5.19. The molecular formula is C22H28N2O2S2. The topological polar surface area (TPSA) is 58.2 Å². The summed E-state index contributed by atoms with van der Waals surface area (Å²) in [4.78, 5) is 26.2. The Balaban J connectivity index is 1.50. The van der Waals surface area contributed by atoms with Crippen LogP contribution in [0.25, 0.3) is 0 Å². The highest BCUT2D eigenvalue weighted by Gasteiger charge is 2.29. The van der Waals surface area contributed by atoms with Crippen LogP contribution in [0.2, 0.25) is 0 Å². The summed E-state index contributed by atoms with van der Waals surface area (Å²) in [5, 5.41) is 7.94. The van der Waals surface area contributed by atoms with Crippen molar-refractivity contribution in [2.24, 2.45) is 5.92 Å². The number of thiophene rings is 1. The molecule has 1 heterocycles. The van der Waals surface area contributed by atoms with Gasteiger partial charge in [-0.3, -0.25) is 9.59 Å². The predicted octanol–water partition coefficient (Wildman–Crippen LogP) is 5.16. The van der Waals surface area contributed by atoms with E-state index < -0.39 is 0 Å². The summed E-state index contributed by atoms with van der Waals surface area (Å²) in [6.07, 6.45) is 4.82. The van der Waals surface area contributed by atoms with E-state index in [4.69, 9.17) is 0 Å². The first-order valence-electron chi connectivity index (χ1n) is 9.85. The maximum absolute atomic E-state index is 12.8. The molecule has 4 nitrogen and oxygen atoms in total. The molecule has 0 spiro atoms. The van der Waals surface area contributed by atoms with Crippen LogP contribution in [0.15, 0.2) is 41.8 Å². The van der Waals surface area contributed by atoms with Gasteiger partial charge in [-0.05, 0) is 56.2 Å². The van der Waals surface area contributed by atoms with Crippen molar-refractivity contribution in [1.82, 2.24) is 5.32 Å². The Morgan fingerprint density at radius 3 is 2.54 bits per heavy atom. The minimum Gasteiger partial charge on any atom is -0.347 e. The number of hydrogen-bond donors (Lipinski definition) is 2. The van der Waals surface area contributed by atoms with Gasteiger partial charge in [-0.1, -0.05) is 36.6 Å². The normalized spacial score (nSPS) is 16.5. The fourth-order valence-electron chi connectivity index (χ4n) is 3.56. The average molecular weight is 417 g/mol. The van der Waals surface area contributed by atoms with Crippen LogP contribution in [-0.2, 0) is 9.59 Å². The molecule has 6 heteroatoms. The molecule has 0 bridgehead atoms. The lowest BCUT2D eigenvalue weighted by Gasteiger charge is -2.25. The van der Waals surface area contributed by atoms with Gasteiger partial charge in [-0.15, -0.1) is 23.1 Å². The first-order chi connectivity index (χ1) is 13.5. The van der Waals surface area contributed by atoms with E-state index in [0.717, 1.165) is 11.3 Å². The number of aryl methyl sites for hydroxylation is 1. The molecule has 0 radical (unpaired) electrons. The van der Waals surface area contributed by atoms with Gasteiger partial charge in [0.15, 0.2) is 0 Å². The third kappa shape index (κ3) is 5.85. The molecule has 3 rings (SSSR count). The van der Waals surface area contributed by atoms with Gasteiger partial charge in [-0.2, -0.15) is 0 Å². The summed E-state index contributed by atoms with van der Waals surface area (Å²) in [5.41, 5.74) is 1.94. The van der Waals surface area contributed by atoms with E-state index in [1.165, 1.54) is 42.3 Å². The molecule has 2 atom stereocenters. The van der Waals surface area contributed by atoms with Crippen molar-refractivity contribution < 1.29 is 9.59 Å². The minimum atomic E-state index is -0.271. The molecule has 1 aromatic carbocycles. The van der Waals surface area contributed by atoms with Gasteiger partial charge in [0.05, 0.1) is 17.0 Å². The van der Waals surface area contributed by atoms with E-state index in [-0.39, 0.29) is 28.9 Å². The van der Waals surface area contributed by atoms with Crippen LogP contribution in [0.5, 0.6) is 0 Å². The molecule has 1 aliphatic carbocycles. The number of thioether (sulfide) groups is 1. The first kappa shape index (κ1) is 20.9. The Hall–Kier alpha value is -1.79. The summed E-state index contributed by atoms with van der Waals surface area (Å²) < 4.78 is 0. The number of amides is 2. The van der Waals surface area contributed by atoms with Crippen molar-refractivity contribution in [3.05, 3.63) is 52.2 Å². The van der Waals surface area contributed by atoms with Crippen LogP contribution >= 0.6 is 23.1 Å². The summed E-state index contributed by atoms with van der Waals surface area (Å²) in [6.45, 7) is 3.88. The van der Waals surface area contributed by atoms with Crippen molar-refractivity contribution in [2.75, 3.05) is 11.1 Å². The Labute approximate surface area is 175 Å². The smallest absolute Gasteiger partial charge is 0.234 e. The molecule has 1 saturated carbocycles. The molecule has 2 unspecified atom stereocenters. The highest BCUT2D eigenvalue weighted by molar-refractivity contribution is 8.01. The van der Waals surface area contributed by atoms with Gasteiger partial charge in [-0.25, -0.2) is 0 Å². The van der Waals surface area contributed by atoms with Crippen LogP contribution in [0, 0.1) is 12.8 Å². The second-order valence-corrected chi connectivity index (χ2v) is 9.72. The van der Waals surface area contributed by atoms with Crippen molar-refractivity contribution in [2.45, 2.75) is 50.8 Å². The highest BCUT2D eigenvalue weighted by Crippen LogP contribution is 2.37. The zero-order valence-electron chi connectivity index (χ0n) is 16.4. The van der Waals surface area contributed by atoms with E-state index in [9.17, 15) is 9.59 Å². The van der Waals surface area contributed by atoms with E-state index >= 15 is 0 Å². The van der Waals surface area contributed by atoms with Crippen molar-refractivity contribution in [1.29, 1.82) is 0 Å². The molecule has 150 valence electrons. The standard InChI is InChI=1S/C22H28N2O2S2/c1-15-9-11-18(12-10-15)23-20(25)14-28-16(2)22(26)24-21(17-6-3-4-7-17)19-8-5-13-27-19/h5,8-13,16-17,21H,3-4,6-7,14H2,1-2H3,(H,23,25)(H,24,26). The number of carbonyl (C=O) groups excluding carboxylic acids is 2. The van der Waals surface area contributed by atoms with E-state index in [2.05, 4.69) is 22.1 Å². The lowest BCUT2D eigenvalue weighted by molar-refractivity contribution is -0.121. The quantitative estimate of drug-likeness (QED) is 0.624. The Bertz CT molecular complexity index is 768. The maximum atomic E-state index is 12.8. The Morgan fingerprint density at radius 1 is 1.18 bits per heavy atom. The van der Waals surface area contributed by atoms with E-state index in [0.29, 0.717) is 5.92 Å². The van der Waals surface area contributed by atoms with Gasteiger partial charge in [0.1, 0.15) is 0 Å². The number of rotatable bonds is 8.